The van der Waals surface area contributed by atoms with Crippen LogP contribution in [0.1, 0.15) is 37.3 Å². The minimum absolute atomic E-state index is 0. The van der Waals surface area contributed by atoms with Gasteiger partial charge in [-0.05, 0) is 25.7 Å². The van der Waals surface area contributed by atoms with Crippen LogP contribution in [0.3, 0.4) is 0 Å². The van der Waals surface area contributed by atoms with Crippen molar-refractivity contribution in [2.45, 2.75) is 37.1 Å². The quantitative estimate of drug-likeness (QED) is 0.467. The highest BCUT2D eigenvalue weighted by atomic mass is 35.5. The van der Waals surface area contributed by atoms with Gasteiger partial charge in [-0.25, -0.2) is 15.0 Å². The normalized spacial score (nSPS) is 20.0. The average molecular weight is 501 g/mol. The third-order valence-corrected chi connectivity index (χ3v) is 7.06. The maximum absolute atomic E-state index is 12.7. The number of nitrogens with zero attached hydrogens (tertiary/aromatic N) is 7. The highest BCUT2D eigenvalue weighted by Gasteiger charge is 2.48. The van der Waals surface area contributed by atoms with Crippen LogP contribution in [0.2, 0.25) is 0 Å². The van der Waals surface area contributed by atoms with E-state index in [-0.39, 0.29) is 30.2 Å². The van der Waals surface area contributed by atoms with Crippen LogP contribution in [-0.4, -0.2) is 85.9 Å². The molecular formula is C22H29ClN10O2. The summed E-state index contributed by atoms with van der Waals surface area (Å²) in [4.78, 5) is 34.8. The molecule has 3 aromatic rings. The van der Waals surface area contributed by atoms with Crippen molar-refractivity contribution in [3.63, 3.8) is 0 Å². The SMILES string of the molecule is Cl.Nc1ncc(-c2nc(N3CCOCC3)nc3[nH]nc(C4CCN(C(=O)C5(N)CC5)CC4)c23)cn1. The van der Waals surface area contributed by atoms with E-state index in [1.165, 1.54) is 0 Å². The number of nitrogen functional groups attached to an aromatic ring is 1. The smallest absolute Gasteiger partial charge is 0.242 e. The van der Waals surface area contributed by atoms with Crippen molar-refractivity contribution in [2.24, 2.45) is 5.73 Å². The lowest BCUT2D eigenvalue weighted by atomic mass is 9.90. The third kappa shape index (κ3) is 4.37. The molecule has 5 N–H and O–H groups in total. The number of amides is 1. The second kappa shape index (κ2) is 9.17. The zero-order valence-electron chi connectivity index (χ0n) is 19.3. The zero-order chi connectivity index (χ0) is 23.3. The first kappa shape index (κ1) is 23.6. The average Bonchev–Trinajstić information content (AvgIpc) is 3.49. The van der Waals surface area contributed by atoms with Gasteiger partial charge in [-0.1, -0.05) is 0 Å². The molecule has 2 saturated heterocycles. The summed E-state index contributed by atoms with van der Waals surface area (Å²) in [5, 5.41) is 8.67. The van der Waals surface area contributed by atoms with Crippen molar-refractivity contribution in [3.05, 3.63) is 18.1 Å². The fourth-order valence-electron chi connectivity index (χ4n) is 4.83. The molecule has 5 heterocycles. The Morgan fingerprint density at radius 2 is 1.77 bits per heavy atom. The summed E-state index contributed by atoms with van der Waals surface area (Å²) < 4.78 is 5.48. The number of anilines is 2. The highest BCUT2D eigenvalue weighted by molar-refractivity contribution is 5.93. The molecule has 0 bridgehead atoms. The van der Waals surface area contributed by atoms with Crippen LogP contribution < -0.4 is 16.4 Å². The maximum Gasteiger partial charge on any atom is 0.242 e. The Morgan fingerprint density at radius 1 is 1.09 bits per heavy atom. The molecule has 3 aliphatic rings. The minimum Gasteiger partial charge on any atom is -0.378 e. The first-order valence-electron chi connectivity index (χ1n) is 11.8. The van der Waals surface area contributed by atoms with E-state index in [2.05, 4.69) is 25.1 Å². The van der Waals surface area contributed by atoms with Crippen LogP contribution in [-0.2, 0) is 9.53 Å². The summed E-state index contributed by atoms with van der Waals surface area (Å²) in [5.41, 5.74) is 14.3. The maximum atomic E-state index is 12.7. The third-order valence-electron chi connectivity index (χ3n) is 7.06. The molecule has 1 amide bonds. The number of hydrogen-bond donors (Lipinski definition) is 3. The van der Waals surface area contributed by atoms with E-state index in [1.54, 1.807) is 12.4 Å². The fraction of sp³-hybridized carbons (Fsp3) is 0.545. The van der Waals surface area contributed by atoms with Crippen LogP contribution in [0.15, 0.2) is 12.4 Å². The van der Waals surface area contributed by atoms with E-state index < -0.39 is 5.54 Å². The standard InChI is InChI=1S/C22H28N10O2.ClH/c23-20-25-11-14(12-26-20)16-15-17(13-1-5-31(6-2-13)19(33)22(24)3-4-22)29-30-18(15)28-21(27-16)32-7-9-34-10-8-32;/h11-13H,1-10,24H2,(H2,23,25,26)(H,27,28,29,30);1H. The Kier molecular flexibility index (Phi) is 6.20. The van der Waals surface area contributed by atoms with Crippen LogP contribution in [0.5, 0.6) is 0 Å². The van der Waals surface area contributed by atoms with Crippen molar-refractivity contribution >= 4 is 41.2 Å². The Labute approximate surface area is 208 Å². The summed E-state index contributed by atoms with van der Waals surface area (Å²) in [6.45, 7) is 4.06. The molecule has 2 aliphatic heterocycles. The molecule has 6 rings (SSSR count). The number of fused-ring (bicyclic) bond motifs is 1. The Morgan fingerprint density at radius 3 is 2.43 bits per heavy atom. The Hall–Kier alpha value is -3.09. The summed E-state index contributed by atoms with van der Waals surface area (Å²) in [6, 6.07) is 0. The van der Waals surface area contributed by atoms with E-state index in [9.17, 15) is 4.79 Å². The highest BCUT2D eigenvalue weighted by Crippen LogP contribution is 2.39. The van der Waals surface area contributed by atoms with Gasteiger partial charge in [0.05, 0.1) is 35.5 Å². The van der Waals surface area contributed by atoms with Crippen LogP contribution in [0.25, 0.3) is 22.3 Å². The van der Waals surface area contributed by atoms with Crippen molar-refractivity contribution in [3.8, 4) is 11.3 Å². The van der Waals surface area contributed by atoms with Gasteiger partial charge in [0, 0.05) is 50.1 Å². The molecule has 1 aliphatic carbocycles. The van der Waals surface area contributed by atoms with E-state index in [1.807, 2.05) is 4.90 Å². The molecule has 3 fully saturated rings. The van der Waals surface area contributed by atoms with E-state index >= 15 is 0 Å². The number of rotatable bonds is 4. The molecule has 35 heavy (non-hydrogen) atoms. The molecule has 0 spiro atoms. The molecule has 0 atom stereocenters. The number of H-pyrrole nitrogens is 1. The Balaban J connectivity index is 0.00000253. The van der Waals surface area contributed by atoms with E-state index in [4.69, 9.17) is 26.2 Å². The number of likely N-dealkylation sites (tertiary alicyclic amines) is 1. The first-order valence-corrected chi connectivity index (χ1v) is 11.8. The van der Waals surface area contributed by atoms with Crippen LogP contribution in [0.4, 0.5) is 11.9 Å². The molecule has 186 valence electrons. The minimum atomic E-state index is -0.627. The molecule has 0 unspecified atom stereocenters. The van der Waals surface area contributed by atoms with Gasteiger partial charge in [-0.2, -0.15) is 10.1 Å². The predicted molar refractivity (Wildman–Crippen MR) is 132 cm³/mol. The number of nitrogens with two attached hydrogens (primary N) is 2. The summed E-state index contributed by atoms with van der Waals surface area (Å²) >= 11 is 0. The number of aromatic nitrogens is 6. The molecule has 1 saturated carbocycles. The molecule has 0 aromatic carbocycles. The van der Waals surface area contributed by atoms with E-state index in [0.717, 1.165) is 61.1 Å². The summed E-state index contributed by atoms with van der Waals surface area (Å²) in [5.74, 6) is 1.09. The lowest BCUT2D eigenvalue weighted by Gasteiger charge is -2.33. The van der Waals surface area contributed by atoms with Crippen molar-refractivity contribution in [2.75, 3.05) is 50.0 Å². The topological polar surface area (TPSA) is 165 Å². The van der Waals surface area contributed by atoms with Gasteiger partial charge >= 0.3 is 0 Å². The van der Waals surface area contributed by atoms with Gasteiger partial charge in [0.25, 0.3) is 0 Å². The van der Waals surface area contributed by atoms with Gasteiger partial charge in [-0.15, -0.1) is 12.4 Å². The predicted octanol–water partition coefficient (Wildman–Crippen LogP) is 0.848. The van der Waals surface area contributed by atoms with Crippen LogP contribution >= 0.6 is 12.4 Å². The number of carbonyl (C=O) groups excluding carboxylic acids is 1. The number of nitrogens with one attached hydrogen (secondary N) is 1. The van der Waals surface area contributed by atoms with Crippen molar-refractivity contribution < 1.29 is 9.53 Å². The fourth-order valence-corrected chi connectivity index (χ4v) is 4.83. The van der Waals surface area contributed by atoms with Gasteiger partial charge < -0.3 is 26.0 Å². The van der Waals surface area contributed by atoms with Crippen molar-refractivity contribution in [1.29, 1.82) is 0 Å². The number of ether oxygens (including phenoxy) is 1. The zero-order valence-corrected chi connectivity index (χ0v) is 20.1. The monoisotopic (exact) mass is 500 g/mol. The number of aromatic amines is 1. The second-order valence-corrected chi connectivity index (χ2v) is 9.36. The number of piperidine rings is 1. The number of carbonyl (C=O) groups is 1. The lowest BCUT2D eigenvalue weighted by Crippen LogP contribution is -2.48. The largest absolute Gasteiger partial charge is 0.378 e. The van der Waals surface area contributed by atoms with E-state index in [0.29, 0.717) is 37.9 Å². The molecule has 12 nitrogen and oxygen atoms in total. The van der Waals surface area contributed by atoms with Gasteiger partial charge in [0.2, 0.25) is 17.8 Å². The summed E-state index contributed by atoms with van der Waals surface area (Å²) in [7, 11) is 0. The summed E-state index contributed by atoms with van der Waals surface area (Å²) in [6.07, 6.45) is 6.55. The van der Waals surface area contributed by atoms with Gasteiger partial charge in [-0.3, -0.25) is 9.89 Å². The Bertz CT molecular complexity index is 1210. The first-order chi connectivity index (χ1) is 16.5. The van der Waals surface area contributed by atoms with Gasteiger partial charge in [0.1, 0.15) is 0 Å². The number of hydrogen-bond acceptors (Lipinski definition) is 10. The molecule has 3 aromatic heterocycles. The second-order valence-electron chi connectivity index (χ2n) is 9.36. The molecule has 0 radical (unpaired) electrons. The van der Waals surface area contributed by atoms with Gasteiger partial charge in [0.15, 0.2) is 5.65 Å². The van der Waals surface area contributed by atoms with Crippen LogP contribution in [0, 0.1) is 0 Å². The lowest BCUT2D eigenvalue weighted by molar-refractivity contribution is -0.134. The number of morpholine rings is 1. The molecular weight excluding hydrogens is 472 g/mol. The van der Waals surface area contributed by atoms with Crippen molar-refractivity contribution in [1.82, 2.24) is 35.0 Å². The number of halogens is 1. The molecule has 13 heteroatoms.